The van der Waals surface area contributed by atoms with Crippen molar-refractivity contribution >= 4 is 18.0 Å². The summed E-state index contributed by atoms with van der Waals surface area (Å²) >= 11 is 0. The summed E-state index contributed by atoms with van der Waals surface area (Å²) in [7, 11) is 6.58. The van der Waals surface area contributed by atoms with Crippen molar-refractivity contribution in [3.05, 3.63) is 23.8 Å². The highest BCUT2D eigenvalue weighted by atomic mass is 16.5. The van der Waals surface area contributed by atoms with Crippen LogP contribution >= 0.6 is 0 Å². The standard InChI is InChI=1S/C12H16N2O3/c1-14(2)8-13-11-6-5-9(16-3)7-10(11)12(15)17-4/h5-8H,1-4H3. The van der Waals surface area contributed by atoms with E-state index in [4.69, 9.17) is 9.47 Å². The maximum absolute atomic E-state index is 11.6. The number of nitrogens with zero attached hydrogens (tertiary/aromatic N) is 2. The molecule has 0 aliphatic rings. The first-order chi connectivity index (χ1) is 8.08. The van der Waals surface area contributed by atoms with E-state index in [1.165, 1.54) is 7.11 Å². The van der Waals surface area contributed by atoms with Crippen molar-refractivity contribution in [1.29, 1.82) is 0 Å². The van der Waals surface area contributed by atoms with Crippen molar-refractivity contribution < 1.29 is 14.3 Å². The molecule has 17 heavy (non-hydrogen) atoms. The van der Waals surface area contributed by atoms with Gasteiger partial charge < -0.3 is 14.4 Å². The Labute approximate surface area is 101 Å². The van der Waals surface area contributed by atoms with Crippen molar-refractivity contribution in [2.45, 2.75) is 0 Å². The van der Waals surface area contributed by atoms with Gasteiger partial charge in [0.2, 0.25) is 0 Å². The SMILES string of the molecule is COC(=O)c1cc(OC)ccc1N=CN(C)C. The zero-order chi connectivity index (χ0) is 12.8. The van der Waals surface area contributed by atoms with Crippen LogP contribution in [0.2, 0.25) is 0 Å². The summed E-state index contributed by atoms with van der Waals surface area (Å²) in [4.78, 5) is 17.6. The van der Waals surface area contributed by atoms with Crippen LogP contribution in [-0.2, 0) is 4.74 Å². The average Bonchev–Trinajstić information content (AvgIpc) is 2.35. The number of carbonyl (C=O) groups excluding carboxylic acids is 1. The molecular weight excluding hydrogens is 220 g/mol. The van der Waals surface area contributed by atoms with Crippen LogP contribution < -0.4 is 4.74 Å². The van der Waals surface area contributed by atoms with Crippen LogP contribution in [-0.4, -0.2) is 45.5 Å². The average molecular weight is 236 g/mol. The molecular formula is C12H16N2O3. The van der Waals surface area contributed by atoms with Crippen LogP contribution in [0.5, 0.6) is 5.75 Å². The van der Waals surface area contributed by atoms with Gasteiger partial charge in [0.1, 0.15) is 5.75 Å². The summed E-state index contributed by atoms with van der Waals surface area (Å²) in [6.45, 7) is 0. The molecule has 0 heterocycles. The van der Waals surface area contributed by atoms with Crippen molar-refractivity contribution in [3.63, 3.8) is 0 Å². The predicted octanol–water partition coefficient (Wildman–Crippen LogP) is 1.70. The molecule has 0 radical (unpaired) electrons. The number of ether oxygens (including phenoxy) is 2. The molecule has 92 valence electrons. The van der Waals surface area contributed by atoms with Crippen molar-refractivity contribution in [2.75, 3.05) is 28.3 Å². The minimum atomic E-state index is -0.435. The van der Waals surface area contributed by atoms with E-state index in [-0.39, 0.29) is 0 Å². The molecule has 0 spiro atoms. The Bertz CT molecular complexity index is 428. The van der Waals surface area contributed by atoms with Crippen LogP contribution in [0.1, 0.15) is 10.4 Å². The molecule has 0 amide bonds. The molecule has 0 aliphatic heterocycles. The number of esters is 1. The smallest absolute Gasteiger partial charge is 0.340 e. The van der Waals surface area contributed by atoms with Gasteiger partial charge in [-0.15, -0.1) is 0 Å². The van der Waals surface area contributed by atoms with Crippen LogP contribution in [0.3, 0.4) is 0 Å². The number of hydrogen-bond donors (Lipinski definition) is 0. The molecule has 0 fully saturated rings. The number of methoxy groups -OCH3 is 2. The lowest BCUT2D eigenvalue weighted by Gasteiger charge is -2.07. The minimum absolute atomic E-state index is 0.380. The lowest BCUT2D eigenvalue weighted by Crippen LogP contribution is -2.08. The van der Waals surface area contributed by atoms with Gasteiger partial charge in [0.25, 0.3) is 0 Å². The topological polar surface area (TPSA) is 51.1 Å². The normalized spacial score (nSPS) is 10.4. The molecule has 0 saturated heterocycles. The first-order valence-corrected chi connectivity index (χ1v) is 5.05. The second-order valence-corrected chi connectivity index (χ2v) is 3.58. The van der Waals surface area contributed by atoms with Gasteiger partial charge in [-0.3, -0.25) is 0 Å². The van der Waals surface area contributed by atoms with E-state index in [2.05, 4.69) is 4.99 Å². The number of aliphatic imine (C=N–C) groups is 1. The van der Waals surface area contributed by atoms with Gasteiger partial charge in [0.05, 0.1) is 31.8 Å². The van der Waals surface area contributed by atoms with E-state index in [1.54, 1.807) is 36.5 Å². The molecule has 0 N–H and O–H groups in total. The second-order valence-electron chi connectivity index (χ2n) is 3.58. The lowest BCUT2D eigenvalue weighted by molar-refractivity contribution is 0.0601. The van der Waals surface area contributed by atoms with Gasteiger partial charge in [-0.1, -0.05) is 0 Å². The summed E-state index contributed by atoms with van der Waals surface area (Å²) in [5, 5.41) is 0. The summed E-state index contributed by atoms with van der Waals surface area (Å²) < 4.78 is 9.76. The molecule has 1 aromatic rings. The number of carbonyl (C=O) groups is 1. The fourth-order valence-electron chi connectivity index (χ4n) is 1.21. The summed E-state index contributed by atoms with van der Waals surface area (Å²) in [5.41, 5.74) is 0.927. The largest absolute Gasteiger partial charge is 0.497 e. The van der Waals surface area contributed by atoms with Gasteiger partial charge in [-0.25, -0.2) is 9.79 Å². The van der Waals surface area contributed by atoms with E-state index in [0.717, 1.165) is 0 Å². The van der Waals surface area contributed by atoms with E-state index in [1.807, 2.05) is 14.1 Å². The third kappa shape index (κ3) is 3.48. The Balaban J connectivity index is 3.15. The van der Waals surface area contributed by atoms with Gasteiger partial charge in [0.15, 0.2) is 0 Å². The molecule has 1 aromatic carbocycles. The molecule has 0 saturated carbocycles. The van der Waals surface area contributed by atoms with E-state index < -0.39 is 5.97 Å². The van der Waals surface area contributed by atoms with Crippen molar-refractivity contribution in [3.8, 4) is 5.75 Å². The number of benzene rings is 1. The maximum atomic E-state index is 11.6. The molecule has 5 nitrogen and oxygen atoms in total. The first kappa shape index (κ1) is 13.0. The highest BCUT2D eigenvalue weighted by Gasteiger charge is 2.12. The second kappa shape index (κ2) is 5.89. The molecule has 0 unspecified atom stereocenters. The Morgan fingerprint density at radius 2 is 2.06 bits per heavy atom. The molecule has 0 atom stereocenters. The predicted molar refractivity (Wildman–Crippen MR) is 66.2 cm³/mol. The highest BCUT2D eigenvalue weighted by molar-refractivity contribution is 5.95. The summed E-state index contributed by atoms with van der Waals surface area (Å²) in [6.07, 6.45) is 1.62. The van der Waals surface area contributed by atoms with E-state index in [0.29, 0.717) is 17.0 Å². The zero-order valence-corrected chi connectivity index (χ0v) is 10.4. The number of rotatable bonds is 4. The summed E-state index contributed by atoms with van der Waals surface area (Å²) in [5.74, 6) is 0.156. The van der Waals surface area contributed by atoms with Crippen molar-refractivity contribution in [1.82, 2.24) is 4.90 Å². The van der Waals surface area contributed by atoms with Gasteiger partial charge >= 0.3 is 5.97 Å². The minimum Gasteiger partial charge on any atom is -0.497 e. The van der Waals surface area contributed by atoms with Gasteiger partial charge in [-0.05, 0) is 18.2 Å². The Hall–Kier alpha value is -2.04. The van der Waals surface area contributed by atoms with Gasteiger partial charge in [0, 0.05) is 14.1 Å². The lowest BCUT2D eigenvalue weighted by atomic mass is 10.1. The van der Waals surface area contributed by atoms with E-state index >= 15 is 0 Å². The van der Waals surface area contributed by atoms with E-state index in [9.17, 15) is 4.79 Å². The molecule has 0 aromatic heterocycles. The zero-order valence-electron chi connectivity index (χ0n) is 10.4. The summed E-state index contributed by atoms with van der Waals surface area (Å²) in [6, 6.07) is 5.06. The Morgan fingerprint density at radius 1 is 1.35 bits per heavy atom. The van der Waals surface area contributed by atoms with Crippen LogP contribution in [0.4, 0.5) is 5.69 Å². The first-order valence-electron chi connectivity index (χ1n) is 5.05. The molecule has 0 aliphatic carbocycles. The molecule has 5 heteroatoms. The number of hydrogen-bond acceptors (Lipinski definition) is 4. The monoisotopic (exact) mass is 236 g/mol. The van der Waals surface area contributed by atoms with Crippen LogP contribution in [0.25, 0.3) is 0 Å². The maximum Gasteiger partial charge on any atom is 0.340 e. The van der Waals surface area contributed by atoms with Crippen LogP contribution in [0, 0.1) is 0 Å². The molecule has 0 bridgehead atoms. The molecule has 1 rings (SSSR count). The third-order valence-electron chi connectivity index (χ3n) is 2.04. The van der Waals surface area contributed by atoms with Crippen molar-refractivity contribution in [2.24, 2.45) is 4.99 Å². The fraction of sp³-hybridized carbons (Fsp3) is 0.333. The quantitative estimate of drug-likeness (QED) is 0.453. The van der Waals surface area contributed by atoms with Crippen LogP contribution in [0.15, 0.2) is 23.2 Å². The Kier molecular flexibility index (Phi) is 4.51. The Morgan fingerprint density at radius 3 is 2.59 bits per heavy atom. The third-order valence-corrected chi connectivity index (χ3v) is 2.04. The fourth-order valence-corrected chi connectivity index (χ4v) is 1.21. The van der Waals surface area contributed by atoms with Gasteiger partial charge in [-0.2, -0.15) is 0 Å². The highest BCUT2D eigenvalue weighted by Crippen LogP contribution is 2.24.